The first-order valence-corrected chi connectivity index (χ1v) is 9.93. The summed E-state index contributed by atoms with van der Waals surface area (Å²) in [7, 11) is 6.54. The maximum atomic E-state index is 13.1. The lowest BCUT2D eigenvalue weighted by atomic mass is 10.0. The van der Waals surface area contributed by atoms with Crippen molar-refractivity contribution in [2.24, 2.45) is 0 Å². The van der Waals surface area contributed by atoms with Gasteiger partial charge in [-0.15, -0.1) is 0 Å². The van der Waals surface area contributed by atoms with Crippen molar-refractivity contribution in [2.45, 2.75) is 25.4 Å². The monoisotopic (exact) mass is 369 g/mol. The largest absolute Gasteiger partial charge is 0.308 e. The van der Waals surface area contributed by atoms with Gasteiger partial charge in [-0.2, -0.15) is 0 Å². The van der Waals surface area contributed by atoms with Gasteiger partial charge < -0.3 is 9.80 Å². The van der Waals surface area contributed by atoms with Gasteiger partial charge in [-0.05, 0) is 75.9 Å². The number of hydrogen-bond acceptors (Lipinski definition) is 3. The van der Waals surface area contributed by atoms with E-state index in [4.69, 9.17) is 0 Å². The van der Waals surface area contributed by atoms with Crippen molar-refractivity contribution < 1.29 is 4.39 Å². The quantitative estimate of drug-likeness (QED) is 0.732. The fraction of sp³-hybridized carbons (Fsp3) is 0.478. The minimum absolute atomic E-state index is 0.189. The summed E-state index contributed by atoms with van der Waals surface area (Å²) in [6, 6.07) is 16.1. The molecule has 0 spiro atoms. The summed E-state index contributed by atoms with van der Waals surface area (Å²) in [6.45, 7) is 5.60. The molecular weight excluding hydrogens is 337 g/mol. The second-order valence-corrected chi connectivity index (χ2v) is 8.00. The molecule has 3 rings (SSSR count). The Bertz CT molecular complexity index is 689. The Morgan fingerprint density at radius 2 is 1.41 bits per heavy atom. The third-order valence-electron chi connectivity index (χ3n) is 5.62. The van der Waals surface area contributed by atoms with E-state index in [1.807, 2.05) is 12.1 Å². The zero-order valence-electron chi connectivity index (χ0n) is 16.9. The second kappa shape index (κ2) is 9.45. The van der Waals surface area contributed by atoms with Crippen molar-refractivity contribution in [1.29, 1.82) is 0 Å². The number of benzene rings is 2. The number of hydrogen-bond donors (Lipinski definition) is 0. The molecule has 146 valence electrons. The van der Waals surface area contributed by atoms with Crippen molar-refractivity contribution in [3.63, 3.8) is 0 Å². The Balaban J connectivity index is 1.48. The van der Waals surface area contributed by atoms with Crippen molar-refractivity contribution in [3.05, 3.63) is 59.9 Å². The van der Waals surface area contributed by atoms with Crippen molar-refractivity contribution >= 4 is 0 Å². The first-order valence-electron chi connectivity index (χ1n) is 9.93. The van der Waals surface area contributed by atoms with Crippen LogP contribution in [0, 0.1) is 5.82 Å². The average molecular weight is 370 g/mol. The van der Waals surface area contributed by atoms with Gasteiger partial charge in [0.15, 0.2) is 0 Å². The van der Waals surface area contributed by atoms with E-state index in [-0.39, 0.29) is 5.82 Å². The Hall–Kier alpha value is -1.75. The molecule has 1 aliphatic rings. The van der Waals surface area contributed by atoms with Gasteiger partial charge in [0.05, 0.1) is 0 Å². The highest BCUT2D eigenvalue weighted by molar-refractivity contribution is 5.63. The highest BCUT2D eigenvalue weighted by Crippen LogP contribution is 2.22. The zero-order valence-corrected chi connectivity index (χ0v) is 16.9. The van der Waals surface area contributed by atoms with Crippen LogP contribution in [-0.2, 0) is 6.54 Å². The summed E-state index contributed by atoms with van der Waals surface area (Å²) < 4.78 is 13.1. The summed E-state index contributed by atoms with van der Waals surface area (Å²) in [5, 5.41) is 0. The van der Waals surface area contributed by atoms with Crippen molar-refractivity contribution in [3.8, 4) is 11.1 Å². The van der Waals surface area contributed by atoms with E-state index in [0.29, 0.717) is 6.04 Å². The number of piperidine rings is 1. The first-order chi connectivity index (χ1) is 13.0. The lowest BCUT2D eigenvalue weighted by molar-refractivity contribution is 0.118. The Labute approximate surface area is 163 Å². The van der Waals surface area contributed by atoms with Crippen LogP contribution in [0.4, 0.5) is 4.39 Å². The third kappa shape index (κ3) is 5.86. The molecule has 0 bridgehead atoms. The van der Waals surface area contributed by atoms with Crippen LogP contribution < -0.4 is 0 Å². The maximum absolute atomic E-state index is 13.1. The van der Waals surface area contributed by atoms with E-state index in [1.165, 1.54) is 30.5 Å². The van der Waals surface area contributed by atoms with Crippen LogP contribution in [0.1, 0.15) is 18.4 Å². The molecule has 0 amide bonds. The molecule has 0 saturated carbocycles. The molecule has 0 unspecified atom stereocenters. The SMILES string of the molecule is CN(C)CCN(C)C1CCN(Cc2ccc(-c3ccc(F)cc3)cc2)CC1. The predicted octanol–water partition coefficient (Wildman–Crippen LogP) is 3.95. The van der Waals surface area contributed by atoms with Crippen LogP contribution in [0.2, 0.25) is 0 Å². The molecule has 1 fully saturated rings. The van der Waals surface area contributed by atoms with Crippen LogP contribution in [0.15, 0.2) is 48.5 Å². The van der Waals surface area contributed by atoms with Gasteiger partial charge in [-0.3, -0.25) is 4.90 Å². The first kappa shape index (κ1) is 20.0. The van der Waals surface area contributed by atoms with Crippen molar-refractivity contribution in [1.82, 2.24) is 14.7 Å². The molecule has 4 heteroatoms. The number of halogens is 1. The van der Waals surface area contributed by atoms with Crippen LogP contribution in [0.25, 0.3) is 11.1 Å². The molecule has 0 aliphatic carbocycles. The minimum atomic E-state index is -0.189. The highest BCUT2D eigenvalue weighted by atomic mass is 19.1. The second-order valence-electron chi connectivity index (χ2n) is 8.00. The van der Waals surface area contributed by atoms with E-state index in [1.54, 1.807) is 0 Å². The van der Waals surface area contributed by atoms with E-state index in [9.17, 15) is 4.39 Å². The molecule has 2 aromatic carbocycles. The molecular formula is C23H32FN3. The minimum Gasteiger partial charge on any atom is -0.308 e. The Morgan fingerprint density at radius 1 is 0.852 bits per heavy atom. The normalized spacial score (nSPS) is 16.4. The maximum Gasteiger partial charge on any atom is 0.123 e. The summed E-state index contributed by atoms with van der Waals surface area (Å²) in [6.07, 6.45) is 2.50. The van der Waals surface area contributed by atoms with Crippen LogP contribution >= 0.6 is 0 Å². The van der Waals surface area contributed by atoms with Gasteiger partial charge in [0.2, 0.25) is 0 Å². The highest BCUT2D eigenvalue weighted by Gasteiger charge is 2.22. The van der Waals surface area contributed by atoms with Crippen LogP contribution in [0.3, 0.4) is 0 Å². The molecule has 3 nitrogen and oxygen atoms in total. The molecule has 0 atom stereocenters. The zero-order chi connectivity index (χ0) is 19.2. The molecule has 1 saturated heterocycles. The van der Waals surface area contributed by atoms with E-state index < -0.39 is 0 Å². The number of rotatable bonds is 7. The van der Waals surface area contributed by atoms with E-state index in [0.717, 1.165) is 43.9 Å². The molecule has 27 heavy (non-hydrogen) atoms. The molecule has 1 heterocycles. The summed E-state index contributed by atoms with van der Waals surface area (Å²) >= 11 is 0. The molecule has 0 N–H and O–H groups in total. The third-order valence-corrected chi connectivity index (χ3v) is 5.62. The van der Waals surface area contributed by atoms with Crippen LogP contribution in [-0.4, -0.2) is 68.1 Å². The Kier molecular flexibility index (Phi) is 7.00. The van der Waals surface area contributed by atoms with Gasteiger partial charge in [-0.1, -0.05) is 36.4 Å². The van der Waals surface area contributed by atoms with Gasteiger partial charge in [0, 0.05) is 25.7 Å². The molecule has 0 aromatic heterocycles. The number of likely N-dealkylation sites (tertiary alicyclic amines) is 1. The van der Waals surface area contributed by atoms with Gasteiger partial charge in [0.25, 0.3) is 0 Å². The average Bonchev–Trinajstić information content (AvgIpc) is 2.68. The summed E-state index contributed by atoms with van der Waals surface area (Å²) in [5.41, 5.74) is 3.55. The van der Waals surface area contributed by atoms with Gasteiger partial charge in [0.1, 0.15) is 5.82 Å². The van der Waals surface area contributed by atoms with Crippen LogP contribution in [0.5, 0.6) is 0 Å². The van der Waals surface area contributed by atoms with Gasteiger partial charge in [-0.25, -0.2) is 4.39 Å². The molecule has 0 radical (unpaired) electrons. The number of likely N-dealkylation sites (N-methyl/N-ethyl adjacent to an activating group) is 2. The lowest BCUT2D eigenvalue weighted by Crippen LogP contribution is -2.44. The summed E-state index contributed by atoms with van der Waals surface area (Å²) in [4.78, 5) is 7.33. The van der Waals surface area contributed by atoms with E-state index in [2.05, 4.69) is 60.1 Å². The molecule has 1 aliphatic heterocycles. The van der Waals surface area contributed by atoms with Gasteiger partial charge >= 0.3 is 0 Å². The fourth-order valence-electron chi connectivity index (χ4n) is 3.76. The molecule has 2 aromatic rings. The predicted molar refractivity (Wildman–Crippen MR) is 111 cm³/mol. The smallest absolute Gasteiger partial charge is 0.123 e. The topological polar surface area (TPSA) is 9.72 Å². The Morgan fingerprint density at radius 3 is 1.96 bits per heavy atom. The fourth-order valence-corrected chi connectivity index (χ4v) is 3.76. The standard InChI is InChI=1S/C23H32FN3/c1-25(2)16-17-26(3)23-12-14-27(15-13-23)18-19-4-6-20(7-5-19)21-8-10-22(24)11-9-21/h4-11,23H,12-18H2,1-3H3. The lowest BCUT2D eigenvalue weighted by Gasteiger charge is -2.37. The van der Waals surface area contributed by atoms with E-state index >= 15 is 0 Å². The summed E-state index contributed by atoms with van der Waals surface area (Å²) in [5.74, 6) is -0.189. The number of nitrogens with zero attached hydrogens (tertiary/aromatic N) is 3. The van der Waals surface area contributed by atoms with Crippen molar-refractivity contribution in [2.75, 3.05) is 47.3 Å².